The number of carbonyl (C=O) groups excluding carboxylic acids is 2. The Labute approximate surface area is 143 Å². The molecule has 0 aliphatic carbocycles. The van der Waals surface area contributed by atoms with Gasteiger partial charge in [-0.25, -0.2) is 18.4 Å². The third-order valence-corrected chi connectivity index (χ3v) is 4.48. The second-order valence-corrected chi connectivity index (χ2v) is 5.87. The first-order chi connectivity index (χ1) is 11.9. The molecule has 25 heavy (non-hydrogen) atoms. The molecule has 0 fully saturated rings. The number of esters is 2. The quantitative estimate of drug-likeness (QED) is 0.850. The van der Waals surface area contributed by atoms with Crippen molar-refractivity contribution in [1.29, 1.82) is 0 Å². The molecule has 5 nitrogen and oxygen atoms in total. The number of ether oxygens (including phenoxy) is 2. The van der Waals surface area contributed by atoms with Gasteiger partial charge >= 0.3 is 11.9 Å². The smallest absolute Gasteiger partial charge is 0.337 e. The summed E-state index contributed by atoms with van der Waals surface area (Å²) < 4.78 is 38.1. The minimum absolute atomic E-state index is 0.0235. The molecule has 1 aromatic rings. The zero-order valence-corrected chi connectivity index (χ0v) is 14.0. The molecule has 0 amide bonds. The topological polar surface area (TPSA) is 64.6 Å². The summed E-state index contributed by atoms with van der Waals surface area (Å²) in [7, 11) is 1.21. The lowest BCUT2D eigenvalue weighted by molar-refractivity contribution is -0.136. The number of hydrogen-bond donors (Lipinski definition) is 1. The average Bonchev–Trinajstić information content (AvgIpc) is 2.93. The normalized spacial score (nSPS) is 19.6. The molecule has 7 heteroatoms. The van der Waals surface area contributed by atoms with Crippen LogP contribution in [0.5, 0.6) is 0 Å². The lowest BCUT2D eigenvalue weighted by atomic mass is 9.78. The van der Waals surface area contributed by atoms with Crippen molar-refractivity contribution in [3.8, 4) is 0 Å². The summed E-state index contributed by atoms with van der Waals surface area (Å²) in [6.45, 7) is 3.39. The Balaban J connectivity index is 2.30. The van der Waals surface area contributed by atoms with E-state index in [4.69, 9.17) is 9.47 Å². The molecule has 0 aromatic heterocycles. The Kier molecular flexibility index (Phi) is 4.32. The van der Waals surface area contributed by atoms with Gasteiger partial charge < -0.3 is 14.8 Å². The van der Waals surface area contributed by atoms with Gasteiger partial charge in [-0.2, -0.15) is 0 Å². The molecule has 1 aromatic carbocycles. The van der Waals surface area contributed by atoms with Gasteiger partial charge in [-0.1, -0.05) is 6.92 Å². The van der Waals surface area contributed by atoms with E-state index in [1.165, 1.54) is 7.11 Å². The molecule has 2 aliphatic rings. The predicted octanol–water partition coefficient (Wildman–Crippen LogP) is 2.47. The van der Waals surface area contributed by atoms with Crippen molar-refractivity contribution in [2.45, 2.75) is 26.2 Å². The highest BCUT2D eigenvalue weighted by atomic mass is 19.1. The fraction of sp³-hybridized carbons (Fsp3) is 0.333. The van der Waals surface area contributed by atoms with Crippen molar-refractivity contribution in [3.05, 3.63) is 57.4 Å². The van der Waals surface area contributed by atoms with Gasteiger partial charge in [0, 0.05) is 11.8 Å². The monoisotopic (exact) mass is 349 g/mol. The molecular formula is C18H17F2NO4. The Hall–Kier alpha value is -2.70. The molecule has 3 rings (SSSR count). The Morgan fingerprint density at radius 3 is 2.76 bits per heavy atom. The van der Waals surface area contributed by atoms with Gasteiger partial charge in [-0.3, -0.25) is 0 Å². The van der Waals surface area contributed by atoms with Gasteiger partial charge in [0.1, 0.15) is 18.2 Å². The molecule has 0 saturated heterocycles. The van der Waals surface area contributed by atoms with Crippen molar-refractivity contribution >= 4 is 11.9 Å². The first kappa shape index (κ1) is 17.1. The first-order valence-electron chi connectivity index (χ1n) is 7.83. The van der Waals surface area contributed by atoms with Crippen LogP contribution in [0.2, 0.25) is 0 Å². The number of nitrogens with one attached hydrogen (secondary N) is 1. The van der Waals surface area contributed by atoms with Gasteiger partial charge in [0.2, 0.25) is 0 Å². The average molecular weight is 349 g/mol. The SMILES string of the molecule is CCc1c(F)cc(F)cc1[C@H]1C(C(=O)OC)=C(C)NC2=C1C(=O)OC2. The lowest BCUT2D eigenvalue weighted by Crippen LogP contribution is -2.30. The van der Waals surface area contributed by atoms with E-state index in [9.17, 15) is 18.4 Å². The molecule has 2 heterocycles. The minimum atomic E-state index is -0.946. The number of dihydropyridines is 1. The molecule has 0 saturated carbocycles. The standard InChI is InChI=1S/C18H17F2NO4/c1-4-10-11(5-9(19)6-12(10)20)15-14(17(22)24-3)8(2)21-13-7-25-18(23)16(13)15/h5-6,15,21H,4,7H2,1-3H3/t15-/m0/s1. The number of carbonyl (C=O) groups is 2. The van der Waals surface area contributed by atoms with Gasteiger partial charge in [-0.05, 0) is 30.5 Å². The van der Waals surface area contributed by atoms with Gasteiger partial charge in [0.05, 0.1) is 29.9 Å². The number of benzene rings is 1. The van der Waals surface area contributed by atoms with E-state index < -0.39 is 29.5 Å². The number of allylic oxidation sites excluding steroid dienone is 1. The summed E-state index contributed by atoms with van der Waals surface area (Å²) in [5.74, 6) is -3.73. The van der Waals surface area contributed by atoms with Crippen LogP contribution in [0.25, 0.3) is 0 Å². The summed E-state index contributed by atoms with van der Waals surface area (Å²) in [6, 6.07) is 1.95. The molecule has 1 atom stereocenters. The van der Waals surface area contributed by atoms with Crippen LogP contribution in [0.15, 0.2) is 34.7 Å². The zero-order chi connectivity index (χ0) is 18.3. The van der Waals surface area contributed by atoms with Crippen LogP contribution in [0.3, 0.4) is 0 Å². The summed E-state index contributed by atoms with van der Waals surface area (Å²) in [6.07, 6.45) is 0.274. The summed E-state index contributed by atoms with van der Waals surface area (Å²) in [5, 5.41) is 2.97. The van der Waals surface area contributed by atoms with Gasteiger partial charge in [0.25, 0.3) is 0 Å². The minimum Gasteiger partial charge on any atom is -0.466 e. The van der Waals surface area contributed by atoms with Gasteiger partial charge in [-0.15, -0.1) is 0 Å². The summed E-state index contributed by atoms with van der Waals surface area (Å²) in [5.41, 5.74) is 1.75. The summed E-state index contributed by atoms with van der Waals surface area (Å²) >= 11 is 0. The summed E-state index contributed by atoms with van der Waals surface area (Å²) in [4.78, 5) is 24.6. The van der Waals surface area contributed by atoms with E-state index >= 15 is 0 Å². The van der Waals surface area contributed by atoms with E-state index in [2.05, 4.69) is 5.32 Å². The largest absolute Gasteiger partial charge is 0.466 e. The first-order valence-corrected chi connectivity index (χ1v) is 7.83. The van der Waals surface area contributed by atoms with Crippen LogP contribution in [0, 0.1) is 11.6 Å². The van der Waals surface area contributed by atoms with Crippen molar-refractivity contribution in [2.24, 2.45) is 0 Å². The van der Waals surface area contributed by atoms with Crippen LogP contribution >= 0.6 is 0 Å². The zero-order valence-electron chi connectivity index (χ0n) is 14.0. The second-order valence-electron chi connectivity index (χ2n) is 5.87. The number of cyclic esters (lactones) is 1. The van der Waals surface area contributed by atoms with Crippen molar-refractivity contribution < 1.29 is 27.8 Å². The maximum Gasteiger partial charge on any atom is 0.337 e. The number of hydrogen-bond acceptors (Lipinski definition) is 5. The van der Waals surface area contributed by atoms with Crippen LogP contribution in [0.1, 0.15) is 30.9 Å². The molecule has 0 spiro atoms. The van der Waals surface area contributed by atoms with Crippen LogP contribution in [0.4, 0.5) is 8.78 Å². The predicted molar refractivity (Wildman–Crippen MR) is 84.3 cm³/mol. The third-order valence-electron chi connectivity index (χ3n) is 4.48. The highest BCUT2D eigenvalue weighted by Gasteiger charge is 2.42. The lowest BCUT2D eigenvalue weighted by Gasteiger charge is -2.28. The Bertz CT molecular complexity index is 842. The maximum atomic E-state index is 14.3. The molecule has 2 aliphatic heterocycles. The van der Waals surface area contributed by atoms with E-state index in [1.54, 1.807) is 13.8 Å². The highest BCUT2D eigenvalue weighted by molar-refractivity contribution is 6.01. The van der Waals surface area contributed by atoms with Crippen molar-refractivity contribution in [2.75, 3.05) is 13.7 Å². The van der Waals surface area contributed by atoms with Crippen LogP contribution in [-0.2, 0) is 25.5 Å². The number of halogens is 2. The van der Waals surface area contributed by atoms with E-state index in [-0.39, 0.29) is 35.3 Å². The second kappa shape index (κ2) is 6.31. The maximum absolute atomic E-state index is 14.3. The number of methoxy groups -OCH3 is 1. The third kappa shape index (κ3) is 2.69. The number of rotatable bonds is 3. The molecule has 0 unspecified atom stereocenters. The van der Waals surface area contributed by atoms with Crippen LogP contribution < -0.4 is 5.32 Å². The van der Waals surface area contributed by atoms with Crippen molar-refractivity contribution in [1.82, 2.24) is 5.32 Å². The fourth-order valence-electron chi connectivity index (χ4n) is 3.41. The van der Waals surface area contributed by atoms with E-state index in [0.717, 1.165) is 12.1 Å². The molecule has 0 radical (unpaired) electrons. The molecule has 132 valence electrons. The van der Waals surface area contributed by atoms with Crippen LogP contribution in [-0.4, -0.2) is 25.7 Å². The van der Waals surface area contributed by atoms with E-state index in [1.807, 2.05) is 0 Å². The van der Waals surface area contributed by atoms with E-state index in [0.29, 0.717) is 11.4 Å². The molecule has 1 N–H and O–H groups in total. The van der Waals surface area contributed by atoms with Gasteiger partial charge in [0.15, 0.2) is 0 Å². The highest BCUT2D eigenvalue weighted by Crippen LogP contribution is 2.43. The molecular weight excluding hydrogens is 332 g/mol. The molecule has 0 bridgehead atoms. The Morgan fingerprint density at radius 2 is 2.12 bits per heavy atom. The fourth-order valence-corrected chi connectivity index (χ4v) is 3.41. The van der Waals surface area contributed by atoms with Crippen molar-refractivity contribution in [3.63, 3.8) is 0 Å². The Morgan fingerprint density at radius 1 is 1.40 bits per heavy atom.